The van der Waals surface area contributed by atoms with E-state index in [1.54, 1.807) is 31.3 Å². The molecule has 0 aromatic heterocycles. The first-order valence-corrected chi connectivity index (χ1v) is 6.61. The average molecular weight is 265 g/mol. The molecular formula is C17H15NO2. The molecule has 0 radical (unpaired) electrons. The van der Waals surface area contributed by atoms with Crippen LogP contribution < -0.4 is 4.90 Å². The van der Waals surface area contributed by atoms with Crippen molar-refractivity contribution in [3.63, 3.8) is 0 Å². The molecule has 3 rings (SSSR count). The second kappa shape index (κ2) is 4.93. The molecule has 0 bridgehead atoms. The quantitative estimate of drug-likeness (QED) is 0.629. The van der Waals surface area contributed by atoms with Gasteiger partial charge in [0.25, 0.3) is 0 Å². The van der Waals surface area contributed by atoms with Crippen molar-refractivity contribution in [2.45, 2.75) is 12.3 Å². The lowest BCUT2D eigenvalue weighted by atomic mass is 9.74. The minimum atomic E-state index is -0.0131. The van der Waals surface area contributed by atoms with Crippen LogP contribution in [0.4, 0.5) is 5.69 Å². The summed E-state index contributed by atoms with van der Waals surface area (Å²) >= 11 is 0. The molecule has 0 fully saturated rings. The van der Waals surface area contributed by atoms with Gasteiger partial charge in [-0.1, -0.05) is 24.3 Å². The number of carbonyl (C=O) groups excluding carboxylic acids is 2. The maximum absolute atomic E-state index is 12.5. The van der Waals surface area contributed by atoms with E-state index in [1.807, 2.05) is 18.2 Å². The van der Waals surface area contributed by atoms with Gasteiger partial charge in [-0.3, -0.25) is 9.59 Å². The van der Waals surface area contributed by atoms with Crippen molar-refractivity contribution in [3.8, 4) is 0 Å². The highest BCUT2D eigenvalue weighted by Gasteiger charge is 2.32. The molecule has 0 spiro atoms. The number of amides is 1. The van der Waals surface area contributed by atoms with Crippen LogP contribution in [-0.2, 0) is 11.2 Å². The van der Waals surface area contributed by atoms with E-state index in [1.165, 1.54) is 10.5 Å². The van der Waals surface area contributed by atoms with Crippen LogP contribution in [0.25, 0.3) is 0 Å². The van der Waals surface area contributed by atoms with Crippen LogP contribution in [0.2, 0.25) is 0 Å². The van der Waals surface area contributed by atoms with Crippen LogP contribution in [0.1, 0.15) is 27.4 Å². The zero-order valence-corrected chi connectivity index (χ0v) is 11.2. The number of fused-ring (bicyclic) bond motifs is 1. The minimum Gasteiger partial charge on any atom is -0.318 e. The summed E-state index contributed by atoms with van der Waals surface area (Å²) in [5.74, 6) is 0.143. The molecule has 2 aromatic carbocycles. The minimum absolute atomic E-state index is 0.0131. The third-order valence-corrected chi connectivity index (χ3v) is 3.89. The first-order chi connectivity index (χ1) is 9.70. The molecule has 0 aliphatic heterocycles. The lowest BCUT2D eigenvalue weighted by Crippen LogP contribution is -2.25. The third kappa shape index (κ3) is 2.01. The van der Waals surface area contributed by atoms with Crippen LogP contribution >= 0.6 is 0 Å². The number of nitrogens with zero attached hydrogens (tertiary/aromatic N) is 1. The fraction of sp³-hybridized carbons (Fsp3) is 0.176. The number of carbonyl (C=O) groups is 2. The monoisotopic (exact) mass is 265 g/mol. The van der Waals surface area contributed by atoms with E-state index in [0.717, 1.165) is 24.1 Å². The molecule has 0 saturated carbocycles. The summed E-state index contributed by atoms with van der Waals surface area (Å²) in [6.45, 7) is 0. The molecule has 1 aliphatic rings. The third-order valence-electron chi connectivity index (χ3n) is 3.89. The van der Waals surface area contributed by atoms with Gasteiger partial charge in [-0.05, 0) is 41.8 Å². The van der Waals surface area contributed by atoms with E-state index in [2.05, 4.69) is 6.07 Å². The highest BCUT2D eigenvalue weighted by Crippen LogP contribution is 2.37. The van der Waals surface area contributed by atoms with Crippen molar-refractivity contribution in [2.24, 2.45) is 0 Å². The fourth-order valence-electron chi connectivity index (χ4n) is 2.62. The summed E-state index contributed by atoms with van der Waals surface area (Å²) in [5.41, 5.74) is 3.90. The lowest BCUT2D eigenvalue weighted by molar-refractivity contribution is -0.107. The molecule has 1 atom stereocenters. The van der Waals surface area contributed by atoms with Crippen molar-refractivity contribution in [3.05, 3.63) is 65.2 Å². The van der Waals surface area contributed by atoms with E-state index in [0.29, 0.717) is 5.56 Å². The average Bonchev–Trinajstić information content (AvgIpc) is 2.47. The summed E-state index contributed by atoms with van der Waals surface area (Å²) in [6, 6.07) is 15.2. The van der Waals surface area contributed by atoms with E-state index in [9.17, 15) is 9.59 Å². The Morgan fingerprint density at radius 3 is 2.50 bits per heavy atom. The van der Waals surface area contributed by atoms with Crippen LogP contribution in [0.5, 0.6) is 0 Å². The number of ketones is 1. The first-order valence-electron chi connectivity index (χ1n) is 6.61. The normalized spacial score (nSPS) is 15.9. The molecule has 1 aliphatic carbocycles. The molecule has 100 valence electrons. The number of rotatable bonds is 4. The Labute approximate surface area is 117 Å². The van der Waals surface area contributed by atoms with Gasteiger partial charge in [0.1, 0.15) is 0 Å². The van der Waals surface area contributed by atoms with Crippen LogP contribution in [0.3, 0.4) is 0 Å². The van der Waals surface area contributed by atoms with Gasteiger partial charge in [0.2, 0.25) is 6.41 Å². The fourth-order valence-corrected chi connectivity index (χ4v) is 2.62. The van der Waals surface area contributed by atoms with Gasteiger partial charge in [0, 0.05) is 18.3 Å². The molecule has 0 heterocycles. The Kier molecular flexibility index (Phi) is 3.11. The number of hydrogen-bond acceptors (Lipinski definition) is 2. The topological polar surface area (TPSA) is 37.4 Å². The Morgan fingerprint density at radius 1 is 1.15 bits per heavy atom. The van der Waals surface area contributed by atoms with Crippen LogP contribution in [-0.4, -0.2) is 19.2 Å². The second-order valence-corrected chi connectivity index (χ2v) is 5.08. The summed E-state index contributed by atoms with van der Waals surface area (Å²) in [5, 5.41) is 0. The standard InChI is InChI=1S/C17H15NO2/c1-18(11-19)14-8-6-12(7-9-14)17(20)16-10-13-4-2-3-5-15(13)16/h2-9,11,16H,10H2,1H3. The van der Waals surface area contributed by atoms with Gasteiger partial charge in [0.15, 0.2) is 5.78 Å². The van der Waals surface area contributed by atoms with Crippen LogP contribution in [0.15, 0.2) is 48.5 Å². The molecule has 2 aromatic rings. The highest BCUT2D eigenvalue weighted by molar-refractivity contribution is 6.03. The maximum atomic E-state index is 12.5. The van der Waals surface area contributed by atoms with E-state index in [-0.39, 0.29) is 11.7 Å². The summed E-state index contributed by atoms with van der Waals surface area (Å²) in [4.78, 5) is 24.6. The number of anilines is 1. The first kappa shape index (κ1) is 12.6. The lowest BCUT2D eigenvalue weighted by Gasteiger charge is -2.28. The molecule has 3 heteroatoms. The highest BCUT2D eigenvalue weighted by atomic mass is 16.1. The Hall–Kier alpha value is -2.42. The summed E-state index contributed by atoms with van der Waals surface area (Å²) in [6.07, 6.45) is 1.57. The Morgan fingerprint density at radius 2 is 1.85 bits per heavy atom. The molecule has 1 unspecified atom stereocenters. The second-order valence-electron chi connectivity index (χ2n) is 5.08. The zero-order valence-electron chi connectivity index (χ0n) is 11.2. The molecule has 1 amide bonds. The number of benzene rings is 2. The van der Waals surface area contributed by atoms with Crippen LogP contribution in [0, 0.1) is 0 Å². The molecule has 20 heavy (non-hydrogen) atoms. The molecule has 3 nitrogen and oxygen atoms in total. The van der Waals surface area contributed by atoms with Crippen molar-refractivity contribution in [1.29, 1.82) is 0 Å². The van der Waals surface area contributed by atoms with Gasteiger partial charge in [0.05, 0.1) is 5.92 Å². The molecule has 0 N–H and O–H groups in total. The van der Waals surface area contributed by atoms with Gasteiger partial charge < -0.3 is 4.90 Å². The van der Waals surface area contributed by atoms with E-state index < -0.39 is 0 Å². The Bertz CT molecular complexity index is 661. The molecular weight excluding hydrogens is 250 g/mol. The number of hydrogen-bond donors (Lipinski definition) is 0. The maximum Gasteiger partial charge on any atom is 0.213 e. The smallest absolute Gasteiger partial charge is 0.213 e. The zero-order chi connectivity index (χ0) is 14.1. The molecule has 0 saturated heterocycles. The van der Waals surface area contributed by atoms with Crippen molar-refractivity contribution < 1.29 is 9.59 Å². The van der Waals surface area contributed by atoms with E-state index >= 15 is 0 Å². The van der Waals surface area contributed by atoms with Gasteiger partial charge in [-0.25, -0.2) is 0 Å². The van der Waals surface area contributed by atoms with Gasteiger partial charge in [-0.2, -0.15) is 0 Å². The summed E-state index contributed by atoms with van der Waals surface area (Å²) in [7, 11) is 1.69. The van der Waals surface area contributed by atoms with Crippen molar-refractivity contribution in [1.82, 2.24) is 0 Å². The van der Waals surface area contributed by atoms with Crippen molar-refractivity contribution >= 4 is 17.9 Å². The SMILES string of the molecule is CN(C=O)c1ccc(C(=O)C2Cc3ccccc32)cc1. The van der Waals surface area contributed by atoms with Gasteiger partial charge >= 0.3 is 0 Å². The van der Waals surface area contributed by atoms with Gasteiger partial charge in [-0.15, -0.1) is 0 Å². The predicted molar refractivity (Wildman–Crippen MR) is 78.1 cm³/mol. The van der Waals surface area contributed by atoms with E-state index in [4.69, 9.17) is 0 Å². The number of Topliss-reactive ketones (excluding diaryl/α,β-unsaturated/α-hetero) is 1. The van der Waals surface area contributed by atoms with Crippen molar-refractivity contribution in [2.75, 3.05) is 11.9 Å². The Balaban J connectivity index is 1.81. The largest absolute Gasteiger partial charge is 0.318 e. The predicted octanol–water partition coefficient (Wildman–Crippen LogP) is 2.80. The summed E-state index contributed by atoms with van der Waals surface area (Å²) < 4.78 is 0.